The molecule has 1 saturated carbocycles. The highest BCUT2D eigenvalue weighted by Crippen LogP contribution is 2.36. The Morgan fingerprint density at radius 1 is 1.03 bits per heavy atom. The van der Waals surface area contributed by atoms with Gasteiger partial charge in [0.2, 0.25) is 11.8 Å². The second kappa shape index (κ2) is 11.2. The Morgan fingerprint density at radius 2 is 1.71 bits per heavy atom. The third-order valence-corrected chi connectivity index (χ3v) is 6.34. The zero-order chi connectivity index (χ0) is 23.9. The summed E-state index contributed by atoms with van der Waals surface area (Å²) in [5, 5.41) is 4.80. The number of para-hydroxylation sites is 3. The van der Waals surface area contributed by atoms with Crippen LogP contribution in [0.2, 0.25) is 0 Å². The summed E-state index contributed by atoms with van der Waals surface area (Å²) in [6.07, 6.45) is 4.13. The summed E-state index contributed by atoms with van der Waals surface area (Å²) in [4.78, 5) is 15.3. The molecule has 1 aromatic heterocycles. The Labute approximate surface area is 201 Å². The van der Waals surface area contributed by atoms with E-state index in [4.69, 9.17) is 19.3 Å². The van der Waals surface area contributed by atoms with E-state index in [0.29, 0.717) is 37.1 Å². The fourth-order valence-corrected chi connectivity index (χ4v) is 4.47. The smallest absolute Gasteiger partial charge is 0.228 e. The fourth-order valence-electron chi connectivity index (χ4n) is 4.47. The molecule has 180 valence electrons. The minimum Gasteiger partial charge on any atom is -0.493 e. The lowest BCUT2D eigenvalue weighted by Gasteiger charge is -2.26. The highest BCUT2D eigenvalue weighted by atomic mass is 16.5. The highest BCUT2D eigenvalue weighted by molar-refractivity contribution is 5.79. The van der Waals surface area contributed by atoms with E-state index in [2.05, 4.69) is 0 Å². The fraction of sp³-hybridized carbons (Fsp3) is 0.407. The van der Waals surface area contributed by atoms with Gasteiger partial charge in [-0.2, -0.15) is 5.10 Å². The SMILES string of the molecule is COCCN(Cc1c(C)nn(-c2ccccc2)c1Oc1ccccc1OC)C(=O)C1CCCC1. The monoisotopic (exact) mass is 463 g/mol. The minimum absolute atomic E-state index is 0.0833. The van der Waals surface area contributed by atoms with E-state index in [-0.39, 0.29) is 11.8 Å². The van der Waals surface area contributed by atoms with Crippen molar-refractivity contribution >= 4 is 5.91 Å². The molecule has 0 radical (unpaired) electrons. The van der Waals surface area contributed by atoms with Crippen molar-refractivity contribution in [1.29, 1.82) is 0 Å². The van der Waals surface area contributed by atoms with E-state index in [1.165, 1.54) is 0 Å². The van der Waals surface area contributed by atoms with Gasteiger partial charge in [-0.1, -0.05) is 43.2 Å². The lowest BCUT2D eigenvalue weighted by Crippen LogP contribution is -2.37. The van der Waals surface area contributed by atoms with Crippen molar-refractivity contribution in [3.05, 3.63) is 65.9 Å². The van der Waals surface area contributed by atoms with Crippen LogP contribution in [0.5, 0.6) is 17.4 Å². The van der Waals surface area contributed by atoms with Gasteiger partial charge in [0.05, 0.1) is 37.2 Å². The van der Waals surface area contributed by atoms with E-state index < -0.39 is 0 Å². The molecule has 0 saturated heterocycles. The van der Waals surface area contributed by atoms with E-state index >= 15 is 0 Å². The lowest BCUT2D eigenvalue weighted by molar-refractivity contribution is -0.136. The normalized spacial score (nSPS) is 13.7. The van der Waals surface area contributed by atoms with E-state index in [1.54, 1.807) is 18.9 Å². The van der Waals surface area contributed by atoms with Gasteiger partial charge in [0, 0.05) is 19.6 Å². The molecule has 1 fully saturated rings. The Balaban J connectivity index is 1.74. The summed E-state index contributed by atoms with van der Waals surface area (Å²) in [6, 6.07) is 17.4. The molecule has 0 aliphatic heterocycles. The number of aromatic nitrogens is 2. The topological polar surface area (TPSA) is 65.8 Å². The Morgan fingerprint density at radius 3 is 2.38 bits per heavy atom. The number of amides is 1. The summed E-state index contributed by atoms with van der Waals surface area (Å²) in [5.74, 6) is 2.07. The van der Waals surface area contributed by atoms with E-state index in [9.17, 15) is 4.79 Å². The van der Waals surface area contributed by atoms with Crippen molar-refractivity contribution in [3.63, 3.8) is 0 Å². The van der Waals surface area contributed by atoms with Crippen LogP contribution in [0.25, 0.3) is 5.69 Å². The number of benzene rings is 2. The number of rotatable bonds is 10. The first-order valence-electron chi connectivity index (χ1n) is 11.8. The molecule has 7 heteroatoms. The third-order valence-electron chi connectivity index (χ3n) is 6.34. The van der Waals surface area contributed by atoms with Crippen LogP contribution in [0, 0.1) is 12.8 Å². The van der Waals surface area contributed by atoms with E-state index in [1.807, 2.05) is 66.4 Å². The van der Waals surface area contributed by atoms with Crippen molar-refractivity contribution in [3.8, 4) is 23.1 Å². The quantitative estimate of drug-likeness (QED) is 0.416. The average Bonchev–Trinajstić information content (AvgIpc) is 3.51. The van der Waals surface area contributed by atoms with Gasteiger partial charge in [-0.05, 0) is 44.0 Å². The van der Waals surface area contributed by atoms with Crippen LogP contribution in [-0.4, -0.2) is 48.0 Å². The molecule has 1 aliphatic carbocycles. The molecule has 34 heavy (non-hydrogen) atoms. The first-order chi connectivity index (χ1) is 16.6. The molecular formula is C27H33N3O4. The number of carbonyl (C=O) groups excluding carboxylic acids is 1. The molecule has 1 amide bonds. The largest absolute Gasteiger partial charge is 0.493 e. The minimum atomic E-state index is 0.0833. The van der Waals surface area contributed by atoms with Crippen molar-refractivity contribution in [2.45, 2.75) is 39.2 Å². The van der Waals surface area contributed by atoms with E-state index in [0.717, 1.165) is 42.6 Å². The Kier molecular flexibility index (Phi) is 7.85. The average molecular weight is 464 g/mol. The van der Waals surface area contributed by atoms with Gasteiger partial charge in [0.25, 0.3) is 0 Å². The van der Waals surface area contributed by atoms with Crippen LogP contribution < -0.4 is 9.47 Å². The summed E-state index contributed by atoms with van der Waals surface area (Å²) in [7, 11) is 3.28. The van der Waals surface area contributed by atoms with Gasteiger partial charge < -0.3 is 19.1 Å². The van der Waals surface area contributed by atoms with Crippen molar-refractivity contribution in [1.82, 2.24) is 14.7 Å². The molecule has 1 heterocycles. The maximum atomic E-state index is 13.4. The summed E-state index contributed by atoms with van der Waals surface area (Å²) in [5.41, 5.74) is 2.57. The van der Waals surface area contributed by atoms with Gasteiger partial charge in [-0.25, -0.2) is 4.68 Å². The lowest BCUT2D eigenvalue weighted by atomic mass is 10.1. The third kappa shape index (κ3) is 5.25. The number of ether oxygens (including phenoxy) is 3. The van der Waals surface area contributed by atoms with Crippen LogP contribution in [0.1, 0.15) is 36.9 Å². The van der Waals surface area contributed by atoms with Gasteiger partial charge >= 0.3 is 0 Å². The number of hydrogen-bond donors (Lipinski definition) is 0. The van der Waals surface area contributed by atoms with Gasteiger partial charge in [0.15, 0.2) is 11.5 Å². The zero-order valence-electron chi connectivity index (χ0n) is 20.2. The number of nitrogens with zero attached hydrogens (tertiary/aromatic N) is 3. The first-order valence-corrected chi connectivity index (χ1v) is 11.8. The van der Waals surface area contributed by atoms with Crippen molar-refractivity contribution in [2.75, 3.05) is 27.4 Å². The second-order valence-electron chi connectivity index (χ2n) is 8.60. The molecule has 0 atom stereocenters. The molecular weight excluding hydrogens is 430 g/mol. The summed E-state index contributed by atoms with van der Waals surface area (Å²) >= 11 is 0. The molecule has 0 bridgehead atoms. The first kappa shape index (κ1) is 23.8. The van der Waals surface area contributed by atoms with Gasteiger partial charge in [0.1, 0.15) is 0 Å². The van der Waals surface area contributed by atoms with Gasteiger partial charge in [-0.15, -0.1) is 0 Å². The number of hydrogen-bond acceptors (Lipinski definition) is 5. The predicted octanol–water partition coefficient (Wildman–Crippen LogP) is 5.15. The van der Waals surface area contributed by atoms with Crippen molar-refractivity contribution < 1.29 is 19.0 Å². The molecule has 7 nitrogen and oxygen atoms in total. The molecule has 3 aromatic rings. The predicted molar refractivity (Wildman–Crippen MR) is 131 cm³/mol. The maximum absolute atomic E-state index is 13.4. The van der Waals surface area contributed by atoms with Crippen LogP contribution in [-0.2, 0) is 16.1 Å². The molecule has 0 spiro atoms. The zero-order valence-corrected chi connectivity index (χ0v) is 20.2. The molecule has 2 aromatic carbocycles. The van der Waals surface area contributed by atoms with Crippen molar-refractivity contribution in [2.24, 2.45) is 5.92 Å². The molecule has 0 N–H and O–H groups in total. The number of carbonyl (C=O) groups is 1. The van der Waals surface area contributed by atoms with Gasteiger partial charge in [-0.3, -0.25) is 4.79 Å². The number of methoxy groups -OCH3 is 2. The second-order valence-corrected chi connectivity index (χ2v) is 8.60. The standard InChI is InChI=1S/C27H33N3O4/c1-20-23(19-29(17-18-32-2)26(31)21-11-7-8-12-21)27(30(28-20)22-13-5-4-6-14-22)34-25-16-10-9-15-24(25)33-3/h4-6,9-10,13-16,21H,7-8,11-12,17-19H2,1-3H3. The summed E-state index contributed by atoms with van der Waals surface area (Å²) < 4.78 is 19.1. The number of aryl methyl sites for hydroxylation is 1. The van der Waals surface area contributed by atoms with Crippen LogP contribution in [0.15, 0.2) is 54.6 Å². The Hall–Kier alpha value is -3.32. The molecule has 1 aliphatic rings. The maximum Gasteiger partial charge on any atom is 0.228 e. The summed E-state index contributed by atoms with van der Waals surface area (Å²) in [6.45, 7) is 3.36. The highest BCUT2D eigenvalue weighted by Gasteiger charge is 2.30. The van der Waals surface area contributed by atoms with Crippen LogP contribution in [0.4, 0.5) is 0 Å². The Bertz CT molecular complexity index is 1090. The van der Waals surface area contributed by atoms with Crippen LogP contribution in [0.3, 0.4) is 0 Å². The molecule has 0 unspecified atom stereocenters. The molecule has 4 rings (SSSR count). The van der Waals surface area contributed by atoms with Crippen LogP contribution >= 0.6 is 0 Å².